The largest absolute Gasteiger partial charge is 0.433 e. The number of hydrogen-bond acceptors (Lipinski definition) is 1. The van der Waals surface area contributed by atoms with Crippen LogP contribution >= 0.6 is 0 Å². The van der Waals surface area contributed by atoms with E-state index in [1.54, 1.807) is 6.07 Å². The third-order valence-electron chi connectivity index (χ3n) is 2.24. The average Bonchev–Trinajstić information content (AvgIpc) is 2.29. The minimum Gasteiger partial charge on any atom is -0.251 e. The highest BCUT2D eigenvalue weighted by Gasteiger charge is 2.32. The van der Waals surface area contributed by atoms with Crippen LogP contribution in [-0.2, 0) is 6.18 Å². The second kappa shape index (κ2) is 4.16. The Morgan fingerprint density at radius 1 is 0.941 bits per heavy atom. The molecule has 1 nitrogen and oxygen atoms in total. The lowest BCUT2D eigenvalue weighted by molar-refractivity contribution is -0.141. The molecular formula is C12H7F4N. The molecule has 0 atom stereocenters. The predicted molar refractivity (Wildman–Crippen MR) is 54.6 cm³/mol. The minimum atomic E-state index is -4.48. The minimum absolute atomic E-state index is 0.230. The molecule has 2 rings (SSSR count). The Morgan fingerprint density at radius 3 is 2.18 bits per heavy atom. The Kier molecular flexibility index (Phi) is 2.83. The number of alkyl halides is 3. The van der Waals surface area contributed by atoms with Gasteiger partial charge in [0.15, 0.2) is 0 Å². The molecule has 5 heteroatoms. The highest BCUT2D eigenvalue weighted by Crippen LogP contribution is 2.29. The molecule has 0 aliphatic rings. The first-order valence-corrected chi connectivity index (χ1v) is 4.76. The Bertz CT molecular complexity index is 517. The van der Waals surface area contributed by atoms with E-state index in [-0.39, 0.29) is 5.56 Å². The molecule has 1 aromatic carbocycles. The molecule has 17 heavy (non-hydrogen) atoms. The molecule has 2 aromatic rings. The normalized spacial score (nSPS) is 11.5. The van der Waals surface area contributed by atoms with E-state index in [1.807, 2.05) is 0 Å². The van der Waals surface area contributed by atoms with Crippen molar-refractivity contribution in [2.75, 3.05) is 0 Å². The maximum atomic E-state index is 13.4. The molecule has 0 radical (unpaired) electrons. The first-order chi connectivity index (χ1) is 7.98. The van der Waals surface area contributed by atoms with Crippen LogP contribution in [0.4, 0.5) is 17.6 Å². The molecule has 0 spiro atoms. The molecule has 0 N–H and O–H groups in total. The molecule has 0 aliphatic heterocycles. The van der Waals surface area contributed by atoms with Crippen molar-refractivity contribution in [2.45, 2.75) is 6.18 Å². The second-order valence-electron chi connectivity index (χ2n) is 3.41. The van der Waals surface area contributed by atoms with Crippen molar-refractivity contribution in [2.24, 2.45) is 0 Å². The predicted octanol–water partition coefficient (Wildman–Crippen LogP) is 3.91. The Labute approximate surface area is 94.7 Å². The lowest BCUT2D eigenvalue weighted by Crippen LogP contribution is -2.07. The van der Waals surface area contributed by atoms with Crippen molar-refractivity contribution >= 4 is 0 Å². The summed E-state index contributed by atoms with van der Waals surface area (Å²) in [6.45, 7) is 0. The third-order valence-corrected chi connectivity index (χ3v) is 2.24. The van der Waals surface area contributed by atoms with Crippen molar-refractivity contribution in [1.82, 2.24) is 4.98 Å². The van der Waals surface area contributed by atoms with E-state index in [0.29, 0.717) is 5.56 Å². The van der Waals surface area contributed by atoms with Crippen molar-refractivity contribution < 1.29 is 17.6 Å². The number of rotatable bonds is 1. The lowest BCUT2D eigenvalue weighted by atomic mass is 10.1. The van der Waals surface area contributed by atoms with Crippen molar-refractivity contribution in [3.63, 3.8) is 0 Å². The summed E-state index contributed by atoms with van der Waals surface area (Å²) < 4.78 is 50.2. The monoisotopic (exact) mass is 241 g/mol. The van der Waals surface area contributed by atoms with Crippen LogP contribution in [0.3, 0.4) is 0 Å². The number of benzene rings is 1. The molecule has 0 saturated carbocycles. The van der Waals surface area contributed by atoms with Crippen LogP contribution in [0.25, 0.3) is 11.1 Å². The van der Waals surface area contributed by atoms with Gasteiger partial charge in [-0.3, -0.25) is 4.98 Å². The first-order valence-electron chi connectivity index (χ1n) is 4.76. The lowest BCUT2D eigenvalue weighted by Gasteiger charge is -2.07. The third kappa shape index (κ3) is 2.43. The summed E-state index contributed by atoms with van der Waals surface area (Å²) in [5.41, 5.74) is -0.442. The van der Waals surface area contributed by atoms with Gasteiger partial charge in [0.25, 0.3) is 0 Å². The highest BCUT2D eigenvalue weighted by molar-refractivity contribution is 5.63. The van der Waals surface area contributed by atoms with Crippen LogP contribution < -0.4 is 0 Å². The molecule has 1 heterocycles. The van der Waals surface area contributed by atoms with Crippen LogP contribution in [0.1, 0.15) is 5.69 Å². The van der Waals surface area contributed by atoms with Gasteiger partial charge in [-0.2, -0.15) is 13.2 Å². The number of hydrogen-bond donors (Lipinski definition) is 0. The molecule has 0 aliphatic carbocycles. The van der Waals surface area contributed by atoms with Gasteiger partial charge in [0.2, 0.25) is 0 Å². The molecular weight excluding hydrogens is 234 g/mol. The molecule has 0 amide bonds. The average molecular weight is 241 g/mol. The topological polar surface area (TPSA) is 12.9 Å². The summed E-state index contributed by atoms with van der Waals surface area (Å²) in [4.78, 5) is 3.28. The quantitative estimate of drug-likeness (QED) is 0.690. The number of pyridine rings is 1. The molecule has 1 aromatic heterocycles. The number of nitrogens with zero attached hydrogens (tertiary/aromatic N) is 1. The van der Waals surface area contributed by atoms with E-state index < -0.39 is 17.7 Å². The fourth-order valence-corrected chi connectivity index (χ4v) is 1.42. The molecule has 0 saturated heterocycles. The van der Waals surface area contributed by atoms with E-state index in [1.165, 1.54) is 24.3 Å². The Hall–Kier alpha value is -1.91. The van der Waals surface area contributed by atoms with E-state index in [4.69, 9.17) is 0 Å². The van der Waals surface area contributed by atoms with Crippen molar-refractivity contribution in [1.29, 1.82) is 0 Å². The van der Waals surface area contributed by atoms with Crippen LogP contribution in [0.5, 0.6) is 0 Å². The number of aromatic nitrogens is 1. The second-order valence-corrected chi connectivity index (χ2v) is 3.41. The van der Waals surface area contributed by atoms with Gasteiger partial charge >= 0.3 is 6.18 Å². The summed E-state index contributed by atoms with van der Waals surface area (Å²) in [5.74, 6) is -0.492. The van der Waals surface area contributed by atoms with Gasteiger partial charge in [0.05, 0.1) is 0 Å². The van der Waals surface area contributed by atoms with Crippen molar-refractivity contribution in [3.8, 4) is 11.1 Å². The van der Waals surface area contributed by atoms with Gasteiger partial charge in [-0.25, -0.2) is 4.39 Å². The zero-order chi connectivity index (χ0) is 12.5. The zero-order valence-corrected chi connectivity index (χ0v) is 8.50. The van der Waals surface area contributed by atoms with E-state index in [9.17, 15) is 17.6 Å². The fraction of sp³-hybridized carbons (Fsp3) is 0.0833. The zero-order valence-electron chi connectivity index (χ0n) is 8.50. The van der Waals surface area contributed by atoms with Crippen molar-refractivity contribution in [3.05, 3.63) is 54.1 Å². The molecule has 0 unspecified atom stereocenters. The Balaban J connectivity index is 2.40. The van der Waals surface area contributed by atoms with E-state index in [2.05, 4.69) is 4.98 Å². The summed E-state index contributed by atoms with van der Waals surface area (Å²) >= 11 is 0. The maximum absolute atomic E-state index is 13.4. The van der Waals surface area contributed by atoms with E-state index >= 15 is 0 Å². The molecule has 0 fully saturated rings. The van der Waals surface area contributed by atoms with Gasteiger partial charge in [-0.15, -0.1) is 0 Å². The fourth-order valence-electron chi connectivity index (χ4n) is 1.42. The number of halogens is 4. The first kappa shape index (κ1) is 11.6. The van der Waals surface area contributed by atoms with Gasteiger partial charge in [-0.05, 0) is 12.1 Å². The summed E-state index contributed by atoms with van der Waals surface area (Å²) in [5, 5.41) is 0. The highest BCUT2D eigenvalue weighted by atomic mass is 19.4. The molecule has 0 bridgehead atoms. The summed E-state index contributed by atoms with van der Waals surface area (Å²) in [6.07, 6.45) is -3.46. The standard InChI is InChI=1S/C12H7F4N/c13-10-4-2-1-3-9(10)8-5-6-11(17-7-8)12(14,15)16/h1-7H. The van der Waals surface area contributed by atoms with Gasteiger partial charge in [-0.1, -0.05) is 24.3 Å². The smallest absolute Gasteiger partial charge is 0.251 e. The van der Waals surface area contributed by atoms with Gasteiger partial charge in [0.1, 0.15) is 11.5 Å². The van der Waals surface area contributed by atoms with Crippen LogP contribution in [0.2, 0.25) is 0 Å². The van der Waals surface area contributed by atoms with E-state index in [0.717, 1.165) is 12.3 Å². The van der Waals surface area contributed by atoms with Crippen LogP contribution in [-0.4, -0.2) is 4.98 Å². The van der Waals surface area contributed by atoms with Crippen LogP contribution in [0.15, 0.2) is 42.6 Å². The summed E-state index contributed by atoms with van der Waals surface area (Å²) in [7, 11) is 0. The van der Waals surface area contributed by atoms with Gasteiger partial charge in [0, 0.05) is 17.3 Å². The maximum Gasteiger partial charge on any atom is 0.433 e. The van der Waals surface area contributed by atoms with Gasteiger partial charge < -0.3 is 0 Å². The summed E-state index contributed by atoms with van der Waals surface area (Å²) in [6, 6.07) is 7.88. The van der Waals surface area contributed by atoms with Crippen LogP contribution in [0, 0.1) is 5.82 Å². The Morgan fingerprint density at radius 2 is 1.65 bits per heavy atom. The SMILES string of the molecule is Fc1ccccc1-c1ccc(C(F)(F)F)nc1. The molecule has 88 valence electrons.